The lowest BCUT2D eigenvalue weighted by Crippen LogP contribution is -2.60. The maximum absolute atomic E-state index is 12.7. The van der Waals surface area contributed by atoms with Crippen LogP contribution in [-0.4, -0.2) is 168 Å². The topological polar surface area (TPSA) is 165 Å². The van der Waals surface area contributed by atoms with Crippen molar-refractivity contribution >= 4 is 29.8 Å². The minimum absolute atomic E-state index is 0.0334. The van der Waals surface area contributed by atoms with Crippen molar-refractivity contribution in [2.45, 2.75) is 262 Å². The molecule has 12 bridgehead atoms. The Morgan fingerprint density at radius 2 is 0.865 bits per heavy atom. The van der Waals surface area contributed by atoms with Crippen LogP contribution in [0.25, 0.3) is 0 Å². The largest absolute Gasteiger partial charge is 0.462 e. The molecule has 15 heteroatoms. The van der Waals surface area contributed by atoms with Crippen LogP contribution < -0.4 is 0 Å². The summed E-state index contributed by atoms with van der Waals surface area (Å²) < 4.78 is 29.5. The molecule has 13 saturated carbocycles. The van der Waals surface area contributed by atoms with Gasteiger partial charge in [-0.1, -0.05) is 59.8 Å². The number of aliphatic hydroxyl groups is 1. The van der Waals surface area contributed by atoms with Crippen LogP contribution in [0.5, 0.6) is 0 Å². The third-order valence-corrected chi connectivity index (χ3v) is 26.4. The molecular weight excluding hydrogens is 1120 g/mol. The number of likely N-dealkylation sites (tertiary alicyclic amines) is 4. The van der Waals surface area contributed by atoms with Crippen LogP contribution >= 0.6 is 0 Å². The summed E-state index contributed by atoms with van der Waals surface area (Å²) in [5.74, 6) is 7.61. The van der Waals surface area contributed by atoms with Crippen molar-refractivity contribution in [3.63, 3.8) is 0 Å². The van der Waals surface area contributed by atoms with E-state index in [1.807, 2.05) is 13.8 Å². The van der Waals surface area contributed by atoms with Crippen LogP contribution in [0.2, 0.25) is 0 Å². The SMILES string of the molecule is CC(CN1CCCCC1)C(=O)OC12CC3CC(CC(C3)C1)C2.CC(CN1CCCCC1)C(=O)OC12CC3CC(CC(O)(C3)C1)C2.CC(CN1CCCCC1)C(=O)OC1C2CC3C(=O)OC1C3C2.CC(CN1CCCCC1)C(=O)OC1CC2CC1C1CCCC21. The summed E-state index contributed by atoms with van der Waals surface area (Å²) in [6.45, 7) is 20.5. The zero-order valence-electron chi connectivity index (χ0n) is 55.7. The van der Waals surface area contributed by atoms with E-state index in [2.05, 4.69) is 33.4 Å². The summed E-state index contributed by atoms with van der Waals surface area (Å²) in [4.78, 5) is 71.7. The number of carbonyl (C=O) groups is 5. The third kappa shape index (κ3) is 15.0. The van der Waals surface area contributed by atoms with Gasteiger partial charge in [0, 0.05) is 44.4 Å². The fourth-order valence-electron chi connectivity index (χ4n) is 23.2. The van der Waals surface area contributed by atoms with Crippen molar-refractivity contribution in [2.24, 2.45) is 94.7 Å². The van der Waals surface area contributed by atoms with Crippen LogP contribution in [0.3, 0.4) is 0 Å². The van der Waals surface area contributed by atoms with Crippen LogP contribution in [0.4, 0.5) is 0 Å². The van der Waals surface area contributed by atoms with Gasteiger partial charge in [-0.15, -0.1) is 0 Å². The van der Waals surface area contributed by atoms with Crippen molar-refractivity contribution in [3.8, 4) is 0 Å². The number of hydrogen-bond donors (Lipinski definition) is 1. The van der Waals surface area contributed by atoms with Gasteiger partial charge in [-0.2, -0.15) is 0 Å². The summed E-state index contributed by atoms with van der Waals surface area (Å²) in [5.41, 5.74) is -0.978. The predicted molar refractivity (Wildman–Crippen MR) is 340 cm³/mol. The molecule has 0 amide bonds. The molecule has 18 fully saturated rings. The molecule has 16 atom stereocenters. The first-order valence-electron chi connectivity index (χ1n) is 37.6. The molecule has 1 N–H and O–H groups in total. The Balaban J connectivity index is 0.000000109. The number of rotatable bonds is 16. The lowest BCUT2D eigenvalue weighted by atomic mass is 9.52. The second-order valence-corrected chi connectivity index (χ2v) is 33.8. The lowest BCUT2D eigenvalue weighted by molar-refractivity contribution is -0.222. The first kappa shape index (κ1) is 64.8. The van der Waals surface area contributed by atoms with Gasteiger partial charge < -0.3 is 48.4 Å². The van der Waals surface area contributed by atoms with E-state index in [1.54, 1.807) is 0 Å². The smallest absolute Gasteiger partial charge is 0.310 e. The summed E-state index contributed by atoms with van der Waals surface area (Å²) in [5, 5.41) is 10.8. The quantitative estimate of drug-likeness (QED) is 0.115. The number of ether oxygens (including phenoxy) is 5. The van der Waals surface area contributed by atoms with Crippen LogP contribution in [0, 0.1) is 94.7 Å². The lowest BCUT2D eigenvalue weighted by Gasteiger charge is -2.59. The number of carbonyl (C=O) groups excluding carboxylic acids is 5. The first-order valence-corrected chi connectivity index (χ1v) is 37.6. The van der Waals surface area contributed by atoms with E-state index in [0.717, 1.165) is 178 Å². The van der Waals surface area contributed by atoms with Crippen molar-refractivity contribution in [2.75, 3.05) is 78.5 Å². The monoisotopic (exact) mass is 1240 g/mol. The average molecular weight is 1240 g/mol. The summed E-state index contributed by atoms with van der Waals surface area (Å²) in [6, 6.07) is 0. The van der Waals surface area contributed by atoms with Crippen molar-refractivity contribution in [1.82, 2.24) is 19.6 Å². The molecule has 0 aromatic rings. The number of hydrogen-bond acceptors (Lipinski definition) is 15. The highest BCUT2D eigenvalue weighted by molar-refractivity contribution is 5.78. The Labute approximate surface area is 535 Å². The van der Waals surface area contributed by atoms with E-state index in [4.69, 9.17) is 23.7 Å². The van der Waals surface area contributed by atoms with E-state index in [-0.39, 0.29) is 89.0 Å². The molecule has 5 heterocycles. The number of nitrogens with zero attached hydrogens (tertiary/aromatic N) is 4. The van der Waals surface area contributed by atoms with E-state index in [9.17, 15) is 29.1 Å². The minimum atomic E-state index is -0.555. The standard InChI is InChI=1S/C19H31NO3.2C19H31NO2.C17H25NO4/c1-14(12-20-5-3-2-4-6-20)17(21)23-19-10-15-7-16(11-19)9-18(22,8-15)13-19;1-13(12-20-8-3-2-4-9-20)19(21)22-18-11-14-10-17(18)16-7-5-6-15(14)16;1-14(13-20-5-3-2-4-6-20)18(21)22-19-10-15-7-16(11-19)9-17(8-15)12-19;1-10(9-18-5-3-2-4-6-18)16(19)21-14-11-7-12-13(8-11)17(20)22-15(12)14/h14-16,22H,2-13H2,1H3;13-18H,2-12H2,1H3;14-17H,2-13H2,1H3;10-15H,2-9H2,1H3. The molecule has 13 aliphatic carbocycles. The second-order valence-electron chi connectivity index (χ2n) is 33.8. The highest BCUT2D eigenvalue weighted by atomic mass is 16.6. The molecule has 18 aliphatic rings. The molecule has 0 spiro atoms. The fraction of sp³-hybridized carbons (Fsp3) is 0.932. The molecule has 18 rings (SSSR count). The molecule has 5 aliphatic heterocycles. The molecule has 89 heavy (non-hydrogen) atoms. The number of fused-ring (bicyclic) bond motifs is 6. The second kappa shape index (κ2) is 27.8. The molecule has 5 saturated heterocycles. The molecule has 500 valence electrons. The highest BCUT2D eigenvalue weighted by Crippen LogP contribution is 2.62. The number of esters is 5. The predicted octanol–water partition coefficient (Wildman–Crippen LogP) is 11.4. The van der Waals surface area contributed by atoms with Crippen molar-refractivity contribution in [3.05, 3.63) is 0 Å². The van der Waals surface area contributed by atoms with E-state index < -0.39 is 5.60 Å². The van der Waals surface area contributed by atoms with Gasteiger partial charge in [0.2, 0.25) is 0 Å². The minimum Gasteiger partial charge on any atom is -0.462 e. The van der Waals surface area contributed by atoms with Crippen molar-refractivity contribution in [1.29, 1.82) is 0 Å². The highest BCUT2D eigenvalue weighted by Gasteiger charge is 2.64. The zero-order valence-corrected chi connectivity index (χ0v) is 55.7. The maximum atomic E-state index is 12.7. The van der Waals surface area contributed by atoms with Crippen LogP contribution in [0.1, 0.15) is 227 Å². The summed E-state index contributed by atoms with van der Waals surface area (Å²) >= 11 is 0. The normalized spacial score (nSPS) is 42.6. The third-order valence-electron chi connectivity index (χ3n) is 26.4. The van der Waals surface area contributed by atoms with Crippen molar-refractivity contribution < 1.29 is 52.8 Å². The van der Waals surface area contributed by atoms with E-state index >= 15 is 0 Å². The van der Waals surface area contributed by atoms with Crippen LogP contribution in [0.15, 0.2) is 0 Å². The Morgan fingerprint density at radius 3 is 1.35 bits per heavy atom. The van der Waals surface area contributed by atoms with Gasteiger partial charge in [-0.3, -0.25) is 24.0 Å². The van der Waals surface area contributed by atoms with Gasteiger partial charge in [0.15, 0.2) is 0 Å². The van der Waals surface area contributed by atoms with E-state index in [0.29, 0.717) is 36.0 Å². The summed E-state index contributed by atoms with van der Waals surface area (Å²) in [6.07, 6.45) is 37.3. The van der Waals surface area contributed by atoms with Gasteiger partial charge in [-0.05, 0) is 266 Å². The molecule has 0 aromatic carbocycles. The Bertz CT molecular complexity index is 2400. The van der Waals surface area contributed by atoms with Gasteiger partial charge in [0.1, 0.15) is 29.5 Å². The van der Waals surface area contributed by atoms with Gasteiger partial charge in [0.05, 0.1) is 35.2 Å². The Kier molecular flexibility index (Phi) is 20.3. The molecule has 0 radical (unpaired) electrons. The van der Waals surface area contributed by atoms with Gasteiger partial charge in [-0.25, -0.2) is 0 Å². The fourth-order valence-corrected chi connectivity index (χ4v) is 23.2. The average Bonchev–Trinajstić information content (AvgIpc) is 1.45. The van der Waals surface area contributed by atoms with Crippen LogP contribution in [-0.2, 0) is 47.7 Å². The molecule has 0 aromatic heterocycles. The van der Waals surface area contributed by atoms with Gasteiger partial charge >= 0.3 is 29.8 Å². The van der Waals surface area contributed by atoms with Gasteiger partial charge in [0.25, 0.3) is 0 Å². The molecule has 16 unspecified atom stereocenters. The Morgan fingerprint density at radius 1 is 0.449 bits per heavy atom. The zero-order chi connectivity index (χ0) is 61.6. The molecular formula is C74H118N4O11. The maximum Gasteiger partial charge on any atom is 0.310 e. The summed E-state index contributed by atoms with van der Waals surface area (Å²) in [7, 11) is 0. The number of piperidine rings is 4. The van der Waals surface area contributed by atoms with E-state index in [1.165, 1.54) is 128 Å². The first-order chi connectivity index (χ1) is 42.9. The molecule has 15 nitrogen and oxygen atoms in total. The Hall–Kier alpha value is -2.85.